The number of aliphatic carboxylic acids is 1. The summed E-state index contributed by atoms with van der Waals surface area (Å²) in [7, 11) is -1.14. The number of nitrogens with one attached hydrogen (secondary N) is 1. The van der Waals surface area contributed by atoms with E-state index >= 15 is 0 Å². The molecular weight excluding hydrogens is 287 g/mol. The highest BCUT2D eigenvalue weighted by atomic mass is 16.5. The summed E-state index contributed by atoms with van der Waals surface area (Å²) in [5.41, 5.74) is 5.65. The summed E-state index contributed by atoms with van der Waals surface area (Å²) in [6.45, 7) is 0.675. The van der Waals surface area contributed by atoms with Gasteiger partial charge in [-0.05, 0) is 51.0 Å². The lowest BCUT2D eigenvalue weighted by Crippen LogP contribution is -2.54. The monoisotopic (exact) mass is 312 g/mol. The van der Waals surface area contributed by atoms with Crippen LogP contribution >= 0.6 is 0 Å². The van der Waals surface area contributed by atoms with Gasteiger partial charge in [-0.3, -0.25) is 9.59 Å². The van der Waals surface area contributed by atoms with Gasteiger partial charge in [0.05, 0.1) is 18.5 Å². The Morgan fingerprint density at radius 2 is 1.86 bits per heavy atom. The maximum atomic E-state index is 12.3. The van der Waals surface area contributed by atoms with E-state index in [2.05, 4.69) is 5.32 Å². The van der Waals surface area contributed by atoms with E-state index in [0.29, 0.717) is 25.3 Å². The fourth-order valence-corrected chi connectivity index (χ4v) is 3.32. The molecule has 1 heterocycles. The number of hydrogen-bond donors (Lipinski definition) is 4. The molecule has 1 aliphatic heterocycles. The van der Waals surface area contributed by atoms with Crippen LogP contribution in [0.3, 0.4) is 0 Å². The van der Waals surface area contributed by atoms with Crippen molar-refractivity contribution in [2.24, 2.45) is 17.6 Å². The number of carbonyl (C=O) groups is 2. The lowest BCUT2D eigenvalue weighted by atomic mass is 9.71. The molecule has 0 aromatic rings. The van der Waals surface area contributed by atoms with Gasteiger partial charge in [0, 0.05) is 5.92 Å². The topological polar surface area (TPSA) is 122 Å². The highest BCUT2D eigenvalue weighted by molar-refractivity contribution is 6.45. The second-order valence-corrected chi connectivity index (χ2v) is 6.39. The van der Waals surface area contributed by atoms with Crippen molar-refractivity contribution in [3.63, 3.8) is 0 Å². The van der Waals surface area contributed by atoms with E-state index in [9.17, 15) is 14.6 Å². The van der Waals surface area contributed by atoms with Gasteiger partial charge in [0.2, 0.25) is 5.91 Å². The number of carboxylic acid groups (broad SMARTS) is 1. The average Bonchev–Trinajstić information content (AvgIpc) is 2.49. The molecule has 0 aromatic carbocycles. The first-order chi connectivity index (χ1) is 10.5. The third-order valence-corrected chi connectivity index (χ3v) is 4.76. The van der Waals surface area contributed by atoms with Gasteiger partial charge >= 0.3 is 13.1 Å². The number of nitrogens with two attached hydrogens (primary N) is 1. The summed E-state index contributed by atoms with van der Waals surface area (Å²) >= 11 is 0. The molecule has 2 atom stereocenters. The van der Waals surface area contributed by atoms with E-state index in [-0.39, 0.29) is 18.2 Å². The molecule has 2 aliphatic rings. The number of carboxylic acids is 1. The van der Waals surface area contributed by atoms with Crippen LogP contribution in [-0.4, -0.2) is 47.7 Å². The number of rotatable bonds is 5. The minimum atomic E-state index is -1.14. The quantitative estimate of drug-likeness (QED) is 0.526. The molecule has 1 saturated carbocycles. The molecule has 1 aliphatic carbocycles. The second-order valence-electron chi connectivity index (χ2n) is 6.39. The Morgan fingerprint density at radius 1 is 1.18 bits per heavy atom. The summed E-state index contributed by atoms with van der Waals surface area (Å²) in [6.07, 6.45) is 4.05. The standard InChI is InChI=1S/C14H25BN2O5/c16-8-9-1-3-10(4-2-9)14(20)17-12-6-5-11(7-13(18)19)22-15(12)21/h9-12,21H,1-8,16H2,(H,17,20)(H,18,19)/t9?,10?,11-,12-/m0/s1. The molecule has 7 nitrogen and oxygen atoms in total. The van der Waals surface area contributed by atoms with Crippen LogP contribution < -0.4 is 11.1 Å². The largest absolute Gasteiger partial charge is 0.481 e. The highest BCUT2D eigenvalue weighted by Gasteiger charge is 2.38. The van der Waals surface area contributed by atoms with E-state index in [4.69, 9.17) is 15.5 Å². The molecule has 0 radical (unpaired) electrons. The van der Waals surface area contributed by atoms with Gasteiger partial charge in [-0.25, -0.2) is 0 Å². The lowest BCUT2D eigenvalue weighted by molar-refractivity contribution is -0.139. The van der Waals surface area contributed by atoms with E-state index in [1.165, 1.54) is 0 Å². The average molecular weight is 312 g/mol. The Morgan fingerprint density at radius 3 is 2.41 bits per heavy atom. The molecule has 0 bridgehead atoms. The zero-order chi connectivity index (χ0) is 16.1. The SMILES string of the molecule is NCC1CCC(C(=O)N[C@H]2CC[C@@H](CC(=O)O)OB2O)CC1. The zero-order valence-electron chi connectivity index (χ0n) is 12.7. The molecule has 8 heteroatoms. The Balaban J connectivity index is 1.76. The normalized spacial score (nSPS) is 32.5. The summed E-state index contributed by atoms with van der Waals surface area (Å²) in [6, 6.07) is 0. The van der Waals surface area contributed by atoms with Gasteiger partial charge in [-0.1, -0.05) is 0 Å². The van der Waals surface area contributed by atoms with Crippen LogP contribution in [0.1, 0.15) is 44.9 Å². The summed E-state index contributed by atoms with van der Waals surface area (Å²) < 4.78 is 5.28. The second kappa shape index (κ2) is 7.94. The Hall–Kier alpha value is -1.12. The van der Waals surface area contributed by atoms with E-state index in [1.807, 2.05) is 0 Å². The first kappa shape index (κ1) is 17.2. The van der Waals surface area contributed by atoms with Gasteiger partial charge in [0.25, 0.3) is 0 Å². The third kappa shape index (κ3) is 4.69. The van der Waals surface area contributed by atoms with Crippen LogP contribution in [0.4, 0.5) is 0 Å². The lowest BCUT2D eigenvalue weighted by Gasteiger charge is -2.33. The van der Waals surface area contributed by atoms with Gasteiger partial charge < -0.3 is 25.8 Å². The minimum absolute atomic E-state index is 0.0215. The van der Waals surface area contributed by atoms with Gasteiger partial charge in [-0.15, -0.1) is 0 Å². The molecule has 124 valence electrons. The van der Waals surface area contributed by atoms with Crippen LogP contribution in [0.2, 0.25) is 0 Å². The molecule has 5 N–H and O–H groups in total. The van der Waals surface area contributed by atoms with Crippen molar-refractivity contribution in [1.29, 1.82) is 0 Å². The van der Waals surface area contributed by atoms with Gasteiger partial charge in [0.1, 0.15) is 0 Å². The predicted molar refractivity (Wildman–Crippen MR) is 80.8 cm³/mol. The Kier molecular flexibility index (Phi) is 6.22. The van der Waals surface area contributed by atoms with E-state index in [0.717, 1.165) is 25.7 Å². The molecular formula is C14H25BN2O5. The van der Waals surface area contributed by atoms with Crippen LogP contribution in [-0.2, 0) is 14.2 Å². The van der Waals surface area contributed by atoms with Crippen LogP contribution in [0.5, 0.6) is 0 Å². The van der Waals surface area contributed by atoms with Crippen LogP contribution in [0, 0.1) is 11.8 Å². The number of carbonyl (C=O) groups excluding carboxylic acids is 1. The molecule has 22 heavy (non-hydrogen) atoms. The van der Waals surface area contributed by atoms with Crippen molar-refractivity contribution in [3.8, 4) is 0 Å². The highest BCUT2D eigenvalue weighted by Crippen LogP contribution is 2.28. The summed E-state index contributed by atoms with van der Waals surface area (Å²) in [5.74, 6) is -0.947. The third-order valence-electron chi connectivity index (χ3n) is 4.76. The van der Waals surface area contributed by atoms with Crippen LogP contribution in [0.15, 0.2) is 0 Å². The smallest absolute Gasteiger partial charge is 0.478 e. The number of hydrogen-bond acceptors (Lipinski definition) is 5. The van der Waals surface area contributed by atoms with Gasteiger partial charge in [0.15, 0.2) is 0 Å². The Bertz CT molecular complexity index is 401. The van der Waals surface area contributed by atoms with Crippen molar-refractivity contribution in [1.82, 2.24) is 5.32 Å². The van der Waals surface area contributed by atoms with Crippen molar-refractivity contribution >= 4 is 19.0 Å². The molecule has 1 saturated heterocycles. The van der Waals surface area contributed by atoms with Gasteiger partial charge in [-0.2, -0.15) is 0 Å². The Labute approximate surface area is 130 Å². The zero-order valence-corrected chi connectivity index (χ0v) is 12.7. The van der Waals surface area contributed by atoms with E-state index in [1.54, 1.807) is 0 Å². The maximum absolute atomic E-state index is 12.3. The van der Waals surface area contributed by atoms with Crippen molar-refractivity contribution in [3.05, 3.63) is 0 Å². The van der Waals surface area contributed by atoms with Crippen LogP contribution in [0.25, 0.3) is 0 Å². The molecule has 0 aromatic heterocycles. The first-order valence-corrected chi connectivity index (χ1v) is 8.05. The molecule has 1 amide bonds. The predicted octanol–water partition coefficient (Wildman–Crippen LogP) is -0.0903. The summed E-state index contributed by atoms with van der Waals surface area (Å²) in [5, 5.41) is 21.5. The van der Waals surface area contributed by atoms with Crippen molar-refractivity contribution in [2.45, 2.75) is 57.0 Å². The van der Waals surface area contributed by atoms with Crippen molar-refractivity contribution < 1.29 is 24.4 Å². The molecule has 0 spiro atoms. The maximum Gasteiger partial charge on any atom is 0.478 e. The fraction of sp³-hybridized carbons (Fsp3) is 0.857. The molecule has 2 rings (SSSR count). The summed E-state index contributed by atoms with van der Waals surface area (Å²) in [4.78, 5) is 22.9. The number of amides is 1. The van der Waals surface area contributed by atoms with E-state index < -0.39 is 25.1 Å². The van der Waals surface area contributed by atoms with Crippen molar-refractivity contribution in [2.75, 3.05) is 6.54 Å². The minimum Gasteiger partial charge on any atom is -0.481 e. The first-order valence-electron chi connectivity index (χ1n) is 8.05. The molecule has 0 unspecified atom stereocenters. The fourth-order valence-electron chi connectivity index (χ4n) is 3.32. The molecule has 2 fully saturated rings.